The lowest BCUT2D eigenvalue weighted by Gasteiger charge is -2.14. The molecule has 0 saturated heterocycles. The number of hydrogen-bond donors (Lipinski definition) is 0. The van der Waals surface area contributed by atoms with Gasteiger partial charge in [-0.3, -0.25) is 14.2 Å². The number of benzene rings is 3. The van der Waals surface area contributed by atoms with Gasteiger partial charge in [-0.05, 0) is 36.4 Å². The van der Waals surface area contributed by atoms with Gasteiger partial charge in [-0.25, -0.2) is 4.98 Å². The third-order valence-electron chi connectivity index (χ3n) is 4.78. The van der Waals surface area contributed by atoms with Gasteiger partial charge in [0, 0.05) is 0 Å². The first-order chi connectivity index (χ1) is 15.1. The van der Waals surface area contributed by atoms with E-state index in [1.165, 1.54) is 21.0 Å². The molecule has 3 aromatic carbocycles. The molecule has 31 heavy (non-hydrogen) atoms. The second-order valence-electron chi connectivity index (χ2n) is 6.69. The number of hydrogen-bond acceptors (Lipinski definition) is 6. The Balaban J connectivity index is 1.64. The van der Waals surface area contributed by atoms with Crippen molar-refractivity contribution in [3.63, 3.8) is 0 Å². The van der Waals surface area contributed by atoms with Crippen LogP contribution in [0.1, 0.15) is 0 Å². The summed E-state index contributed by atoms with van der Waals surface area (Å²) in [6.45, 7) is 0. The molecule has 0 N–H and O–H groups in total. The lowest BCUT2D eigenvalue weighted by atomic mass is 10.2. The second kappa shape index (κ2) is 7.98. The molecule has 0 unspecified atom stereocenters. The number of halogens is 1. The predicted molar refractivity (Wildman–Crippen MR) is 122 cm³/mol. The molecule has 0 atom stereocenters. The molecular weight excluding hydrogens is 434 g/mol. The van der Waals surface area contributed by atoms with Crippen molar-refractivity contribution >= 4 is 45.2 Å². The summed E-state index contributed by atoms with van der Waals surface area (Å²) in [7, 11) is 0. The average Bonchev–Trinajstić information content (AvgIpc) is 2.80. The third-order valence-corrected chi connectivity index (χ3v) is 6.01. The summed E-state index contributed by atoms with van der Waals surface area (Å²) in [5, 5.41) is 9.91. The number of aromatic nitrogens is 5. The van der Waals surface area contributed by atoms with E-state index in [9.17, 15) is 9.59 Å². The third kappa shape index (κ3) is 3.49. The van der Waals surface area contributed by atoms with E-state index < -0.39 is 0 Å². The molecule has 152 valence electrons. The number of nitrogens with zero attached hydrogens (tertiary/aromatic N) is 5. The van der Waals surface area contributed by atoms with E-state index in [2.05, 4.69) is 15.3 Å². The van der Waals surface area contributed by atoms with E-state index in [0.717, 1.165) is 0 Å². The van der Waals surface area contributed by atoms with Gasteiger partial charge < -0.3 is 0 Å². The van der Waals surface area contributed by atoms with E-state index in [0.29, 0.717) is 37.7 Å². The number of rotatable bonds is 4. The Hall–Kier alpha value is -3.49. The molecule has 9 heteroatoms. The lowest BCUT2D eigenvalue weighted by molar-refractivity contribution is 0.642. The highest BCUT2D eigenvalue weighted by Crippen LogP contribution is 2.26. The molecule has 5 aromatic rings. The zero-order valence-electron chi connectivity index (χ0n) is 16.0. The number of thioether (sulfide) groups is 1. The molecule has 2 aromatic heterocycles. The van der Waals surface area contributed by atoms with Gasteiger partial charge in [0.25, 0.3) is 11.1 Å². The second-order valence-corrected chi connectivity index (χ2v) is 8.01. The van der Waals surface area contributed by atoms with Crippen molar-refractivity contribution in [2.75, 3.05) is 0 Å². The molecule has 0 aliphatic carbocycles. The standard InChI is InChI=1S/C22H14ClN5O2S/c23-16-9-3-6-12-19(16)28-21(30)14-7-1-4-10-17(14)24-22(28)31-13-27-20(29)15-8-2-5-11-18(15)25-26-27/h1-12H,13H2. The Bertz CT molecular complexity index is 1560. The minimum Gasteiger partial charge on any atom is -0.268 e. The van der Waals surface area contributed by atoms with Crippen LogP contribution in [-0.4, -0.2) is 24.5 Å². The van der Waals surface area contributed by atoms with Crippen LogP contribution < -0.4 is 11.1 Å². The summed E-state index contributed by atoms with van der Waals surface area (Å²) in [6.07, 6.45) is 0. The van der Waals surface area contributed by atoms with Crippen LogP contribution in [0.2, 0.25) is 5.02 Å². The van der Waals surface area contributed by atoms with Gasteiger partial charge in [0.1, 0.15) is 5.52 Å². The van der Waals surface area contributed by atoms with Crippen LogP contribution in [0.25, 0.3) is 27.5 Å². The Morgan fingerprint density at radius 3 is 2.23 bits per heavy atom. The van der Waals surface area contributed by atoms with Crippen LogP contribution >= 0.6 is 23.4 Å². The minimum atomic E-state index is -0.259. The highest BCUT2D eigenvalue weighted by Gasteiger charge is 2.16. The van der Waals surface area contributed by atoms with Gasteiger partial charge in [0.15, 0.2) is 5.16 Å². The van der Waals surface area contributed by atoms with Gasteiger partial charge in [-0.2, -0.15) is 4.68 Å². The van der Waals surface area contributed by atoms with E-state index >= 15 is 0 Å². The topological polar surface area (TPSA) is 82.7 Å². The fourth-order valence-electron chi connectivity index (χ4n) is 3.28. The minimum absolute atomic E-state index is 0.131. The largest absolute Gasteiger partial charge is 0.278 e. The molecule has 0 aliphatic heterocycles. The normalized spacial score (nSPS) is 11.3. The first kappa shape index (κ1) is 19.5. The molecule has 0 aliphatic rings. The Kier molecular flexibility index (Phi) is 5.01. The molecule has 0 radical (unpaired) electrons. The van der Waals surface area contributed by atoms with E-state index in [1.807, 2.05) is 6.07 Å². The fraction of sp³-hybridized carbons (Fsp3) is 0.0455. The highest BCUT2D eigenvalue weighted by molar-refractivity contribution is 7.98. The molecule has 0 spiro atoms. The quantitative estimate of drug-likeness (QED) is 0.307. The van der Waals surface area contributed by atoms with Crippen molar-refractivity contribution in [1.82, 2.24) is 24.5 Å². The maximum atomic E-state index is 13.3. The van der Waals surface area contributed by atoms with E-state index in [1.54, 1.807) is 66.7 Å². The van der Waals surface area contributed by atoms with Gasteiger partial charge in [-0.1, -0.05) is 65.0 Å². The van der Waals surface area contributed by atoms with Crippen LogP contribution in [-0.2, 0) is 5.88 Å². The zero-order valence-corrected chi connectivity index (χ0v) is 17.5. The molecule has 0 fully saturated rings. The molecule has 0 amide bonds. The van der Waals surface area contributed by atoms with Crippen molar-refractivity contribution in [3.05, 3.63) is 98.5 Å². The first-order valence-electron chi connectivity index (χ1n) is 9.35. The molecule has 0 bridgehead atoms. The predicted octanol–water partition coefficient (Wildman–Crippen LogP) is 3.89. The van der Waals surface area contributed by atoms with E-state index in [-0.39, 0.29) is 17.0 Å². The maximum Gasteiger partial charge on any atom is 0.278 e. The van der Waals surface area contributed by atoms with Gasteiger partial charge >= 0.3 is 0 Å². The van der Waals surface area contributed by atoms with Crippen LogP contribution in [0, 0.1) is 0 Å². The summed E-state index contributed by atoms with van der Waals surface area (Å²) in [6, 6.07) is 21.2. The molecule has 0 saturated carbocycles. The van der Waals surface area contributed by atoms with Crippen LogP contribution in [0.15, 0.2) is 87.5 Å². The average molecular weight is 448 g/mol. The summed E-state index contributed by atoms with van der Waals surface area (Å²) < 4.78 is 2.72. The Morgan fingerprint density at radius 1 is 0.806 bits per heavy atom. The first-order valence-corrected chi connectivity index (χ1v) is 10.7. The Labute approximate surface area is 184 Å². The van der Waals surface area contributed by atoms with Crippen molar-refractivity contribution < 1.29 is 0 Å². The van der Waals surface area contributed by atoms with E-state index in [4.69, 9.17) is 11.6 Å². The summed E-state index contributed by atoms with van der Waals surface area (Å²) >= 11 is 7.60. The molecular formula is C22H14ClN5O2S. The van der Waals surface area contributed by atoms with Crippen molar-refractivity contribution in [3.8, 4) is 5.69 Å². The summed E-state index contributed by atoms with van der Waals surface area (Å²) in [5.74, 6) is 0.131. The van der Waals surface area contributed by atoms with Crippen LogP contribution in [0.3, 0.4) is 0 Å². The van der Waals surface area contributed by atoms with Gasteiger partial charge in [0.05, 0.1) is 32.9 Å². The molecule has 5 rings (SSSR count). The summed E-state index contributed by atoms with van der Waals surface area (Å²) in [4.78, 5) is 30.7. The fourth-order valence-corrected chi connectivity index (χ4v) is 4.38. The highest BCUT2D eigenvalue weighted by atomic mass is 35.5. The number of fused-ring (bicyclic) bond motifs is 2. The van der Waals surface area contributed by atoms with Crippen molar-refractivity contribution in [2.24, 2.45) is 0 Å². The SMILES string of the molecule is O=c1c2ccccc2nnn1CSc1nc2ccccc2c(=O)n1-c1ccccc1Cl. The van der Waals surface area contributed by atoms with Crippen LogP contribution in [0.5, 0.6) is 0 Å². The molecule has 2 heterocycles. The maximum absolute atomic E-state index is 13.3. The van der Waals surface area contributed by atoms with Gasteiger partial charge in [0.2, 0.25) is 0 Å². The van der Waals surface area contributed by atoms with Gasteiger partial charge in [-0.15, -0.1) is 5.10 Å². The lowest BCUT2D eigenvalue weighted by Crippen LogP contribution is -2.25. The molecule has 7 nitrogen and oxygen atoms in total. The van der Waals surface area contributed by atoms with Crippen LogP contribution in [0.4, 0.5) is 0 Å². The van der Waals surface area contributed by atoms with Crippen molar-refractivity contribution in [1.29, 1.82) is 0 Å². The number of para-hydroxylation sites is 2. The monoisotopic (exact) mass is 447 g/mol. The van der Waals surface area contributed by atoms with Crippen molar-refractivity contribution in [2.45, 2.75) is 11.0 Å². The Morgan fingerprint density at radius 2 is 1.45 bits per heavy atom. The summed E-state index contributed by atoms with van der Waals surface area (Å²) in [5.41, 5.74) is 1.12. The zero-order chi connectivity index (χ0) is 21.4. The smallest absolute Gasteiger partial charge is 0.268 e.